The molecule has 1 aliphatic heterocycles. The lowest BCUT2D eigenvalue weighted by Gasteiger charge is -2.55. The maximum Gasteiger partial charge on any atom is 0.133 e. The average molecular weight is 410 g/mol. The minimum absolute atomic E-state index is 0.239. The first-order valence-electron chi connectivity index (χ1n) is 12.6. The van der Waals surface area contributed by atoms with Crippen molar-refractivity contribution in [2.45, 2.75) is 98.8 Å². The Hall–Kier alpha value is -1.18. The van der Waals surface area contributed by atoms with Gasteiger partial charge in [0.15, 0.2) is 0 Å². The van der Waals surface area contributed by atoms with Crippen LogP contribution in [0.2, 0.25) is 0 Å². The number of aliphatic imine (C=N–C) groups is 1. The Morgan fingerprint density at radius 1 is 1.10 bits per heavy atom. The molecular weight excluding hydrogens is 366 g/mol. The topological polar surface area (TPSA) is 29.4 Å². The predicted molar refractivity (Wildman–Crippen MR) is 127 cm³/mol. The van der Waals surface area contributed by atoms with Crippen LogP contribution in [0, 0.1) is 34.5 Å². The second-order valence-electron chi connectivity index (χ2n) is 11.7. The molecule has 0 aromatic heterocycles. The molecule has 5 atom stereocenters. The third-order valence-corrected chi connectivity index (χ3v) is 9.77. The van der Waals surface area contributed by atoms with Crippen LogP contribution in [-0.2, 0) is 4.79 Å². The van der Waals surface area contributed by atoms with Gasteiger partial charge in [0.05, 0.1) is 0 Å². The van der Waals surface area contributed by atoms with E-state index in [1.165, 1.54) is 49.8 Å². The number of hydrogen-bond acceptors (Lipinski definition) is 2. The molecule has 4 aliphatic rings. The fourth-order valence-electron chi connectivity index (χ4n) is 7.47. The molecule has 0 amide bonds. The Labute approximate surface area is 184 Å². The lowest BCUT2D eigenvalue weighted by atomic mass is 9.50. The summed E-state index contributed by atoms with van der Waals surface area (Å²) in [7, 11) is 0. The quantitative estimate of drug-likeness (QED) is 0.437. The summed E-state index contributed by atoms with van der Waals surface area (Å²) in [5, 5.41) is 0. The second kappa shape index (κ2) is 8.06. The first-order chi connectivity index (χ1) is 14.2. The first-order valence-corrected chi connectivity index (χ1v) is 12.6. The highest BCUT2D eigenvalue weighted by atomic mass is 16.1. The number of ketones is 1. The first kappa shape index (κ1) is 22.0. The van der Waals surface area contributed by atoms with E-state index in [2.05, 4.69) is 41.2 Å². The zero-order valence-corrected chi connectivity index (χ0v) is 20.2. The summed E-state index contributed by atoms with van der Waals surface area (Å²) in [5.41, 5.74) is 6.70. The molecule has 0 spiro atoms. The summed E-state index contributed by atoms with van der Waals surface area (Å²) in [5.74, 6) is 3.11. The average Bonchev–Trinajstić information content (AvgIpc) is 2.71. The minimum Gasteiger partial charge on any atom is -0.300 e. The van der Waals surface area contributed by atoms with Crippen molar-refractivity contribution in [3.05, 3.63) is 23.3 Å². The summed E-state index contributed by atoms with van der Waals surface area (Å²) in [6, 6.07) is 0. The summed E-state index contributed by atoms with van der Waals surface area (Å²) < 4.78 is 0. The Balaban J connectivity index is 1.59. The number of hydrogen-bond donors (Lipinski definition) is 0. The number of carbonyl (C=O) groups is 1. The lowest BCUT2D eigenvalue weighted by molar-refractivity contribution is -0.124. The Morgan fingerprint density at radius 2 is 1.83 bits per heavy atom. The highest BCUT2D eigenvalue weighted by Crippen LogP contribution is 2.59. The van der Waals surface area contributed by atoms with Gasteiger partial charge in [-0.3, -0.25) is 9.79 Å². The number of carbonyl (C=O) groups excluding carboxylic acids is 1. The maximum atomic E-state index is 12.1. The molecule has 2 heteroatoms. The largest absolute Gasteiger partial charge is 0.300 e. The van der Waals surface area contributed by atoms with Gasteiger partial charge in [-0.05, 0) is 86.0 Å². The number of nitrogens with zero attached hydrogens (tertiary/aromatic N) is 1. The van der Waals surface area contributed by atoms with Crippen LogP contribution in [0.3, 0.4) is 0 Å². The van der Waals surface area contributed by atoms with Crippen molar-refractivity contribution in [2.24, 2.45) is 39.5 Å². The minimum atomic E-state index is 0.239. The van der Waals surface area contributed by atoms with Crippen LogP contribution in [0.1, 0.15) is 98.8 Å². The molecular formula is C28H43NO. The molecule has 1 fully saturated rings. The van der Waals surface area contributed by atoms with E-state index in [1.54, 1.807) is 11.1 Å². The number of Topliss-reactive ketones (excluding diaryl/α,β-unsaturated/α-hetero) is 1. The molecule has 0 N–H and O–H groups in total. The van der Waals surface area contributed by atoms with Crippen LogP contribution in [0.25, 0.3) is 0 Å². The molecule has 4 rings (SSSR count). The fraction of sp³-hybridized carbons (Fsp3) is 0.786. The summed E-state index contributed by atoms with van der Waals surface area (Å²) >= 11 is 0. The highest BCUT2D eigenvalue weighted by molar-refractivity contribution is 6.06. The molecule has 2 nitrogen and oxygen atoms in total. The number of rotatable bonds is 5. The van der Waals surface area contributed by atoms with Gasteiger partial charge in [0.1, 0.15) is 5.78 Å². The third kappa shape index (κ3) is 3.56. The van der Waals surface area contributed by atoms with Crippen molar-refractivity contribution in [2.75, 3.05) is 6.54 Å². The molecule has 1 saturated carbocycles. The molecule has 0 bridgehead atoms. The second-order valence-corrected chi connectivity index (χ2v) is 11.7. The van der Waals surface area contributed by atoms with E-state index in [1.807, 2.05) is 0 Å². The lowest BCUT2D eigenvalue weighted by Crippen LogP contribution is -2.49. The third-order valence-electron chi connectivity index (χ3n) is 9.77. The van der Waals surface area contributed by atoms with Gasteiger partial charge in [0, 0.05) is 30.5 Å². The van der Waals surface area contributed by atoms with Gasteiger partial charge in [0.25, 0.3) is 0 Å². The molecule has 1 heterocycles. The normalized spacial score (nSPS) is 37.3. The van der Waals surface area contributed by atoms with Crippen LogP contribution in [-0.4, -0.2) is 18.0 Å². The van der Waals surface area contributed by atoms with E-state index in [9.17, 15) is 4.79 Å². The molecule has 0 radical (unpaired) electrons. The number of fused-ring (bicyclic) bond motifs is 4. The van der Waals surface area contributed by atoms with Crippen LogP contribution in [0.15, 0.2) is 28.3 Å². The van der Waals surface area contributed by atoms with E-state index in [-0.39, 0.29) is 10.8 Å². The van der Waals surface area contributed by atoms with Gasteiger partial charge in [-0.2, -0.15) is 0 Å². The summed E-state index contributed by atoms with van der Waals surface area (Å²) in [6.45, 7) is 17.4. The van der Waals surface area contributed by atoms with Crippen LogP contribution >= 0.6 is 0 Å². The van der Waals surface area contributed by atoms with Crippen molar-refractivity contribution in [1.82, 2.24) is 0 Å². The van der Waals surface area contributed by atoms with Crippen LogP contribution in [0.5, 0.6) is 0 Å². The molecule has 1 unspecified atom stereocenters. The van der Waals surface area contributed by atoms with Gasteiger partial charge in [-0.25, -0.2) is 0 Å². The molecule has 0 aromatic carbocycles. The molecule has 166 valence electrons. The van der Waals surface area contributed by atoms with E-state index in [0.717, 1.165) is 44.1 Å². The molecule has 0 saturated heterocycles. The monoisotopic (exact) mass is 409 g/mol. The maximum absolute atomic E-state index is 12.1. The molecule has 0 aromatic rings. The van der Waals surface area contributed by atoms with E-state index in [4.69, 9.17) is 4.99 Å². The summed E-state index contributed by atoms with van der Waals surface area (Å²) in [4.78, 5) is 17.3. The van der Waals surface area contributed by atoms with E-state index in [0.29, 0.717) is 17.6 Å². The van der Waals surface area contributed by atoms with Gasteiger partial charge in [-0.15, -0.1) is 0 Å². The molecule has 30 heavy (non-hydrogen) atoms. The SMILES string of the molecule is C=C(CCC(C)[C@H]1CCN=C2C3=C(CC[C@@]21C)[C@@]1(C)CCC(=O)C[C@@H]1CC3)C(C)C. The van der Waals surface area contributed by atoms with Crippen molar-refractivity contribution in [3.63, 3.8) is 0 Å². The molecule has 3 aliphatic carbocycles. The zero-order valence-electron chi connectivity index (χ0n) is 20.2. The highest BCUT2D eigenvalue weighted by Gasteiger charge is 2.53. The Kier molecular flexibility index (Phi) is 5.92. The van der Waals surface area contributed by atoms with Gasteiger partial charge >= 0.3 is 0 Å². The fourth-order valence-corrected chi connectivity index (χ4v) is 7.47. The number of allylic oxidation sites excluding steroid dienone is 3. The van der Waals surface area contributed by atoms with Crippen LogP contribution in [0.4, 0.5) is 0 Å². The van der Waals surface area contributed by atoms with Crippen molar-refractivity contribution >= 4 is 11.5 Å². The Morgan fingerprint density at radius 3 is 2.57 bits per heavy atom. The zero-order chi connectivity index (χ0) is 21.7. The van der Waals surface area contributed by atoms with Crippen molar-refractivity contribution < 1.29 is 4.79 Å². The van der Waals surface area contributed by atoms with Crippen molar-refractivity contribution in [1.29, 1.82) is 0 Å². The van der Waals surface area contributed by atoms with E-state index < -0.39 is 0 Å². The smallest absolute Gasteiger partial charge is 0.133 e. The van der Waals surface area contributed by atoms with Gasteiger partial charge in [-0.1, -0.05) is 52.3 Å². The van der Waals surface area contributed by atoms with Gasteiger partial charge in [0.2, 0.25) is 0 Å². The predicted octanol–water partition coefficient (Wildman–Crippen LogP) is 7.34. The van der Waals surface area contributed by atoms with Crippen LogP contribution < -0.4 is 0 Å². The summed E-state index contributed by atoms with van der Waals surface area (Å²) in [6.07, 6.45) is 11.2. The van der Waals surface area contributed by atoms with Crippen molar-refractivity contribution in [3.8, 4) is 0 Å². The Bertz CT molecular complexity index is 786. The van der Waals surface area contributed by atoms with E-state index >= 15 is 0 Å². The standard InChI is InChI=1S/C28H43NO/c1-18(2)19(3)7-8-20(4)24-13-16-29-26-23-10-9-21-17-22(30)11-14-27(21,5)25(23)12-15-28(24,26)6/h18,20-21,24H,3,7-17H2,1-2,4-6H3/t20?,21-,24+,27-,28+/m0/s1. The van der Waals surface area contributed by atoms with Gasteiger partial charge < -0.3 is 0 Å².